The fourth-order valence-electron chi connectivity index (χ4n) is 2.14. The van der Waals surface area contributed by atoms with Gasteiger partial charge in [0.25, 0.3) is 0 Å². The second-order valence-corrected chi connectivity index (χ2v) is 4.81. The Morgan fingerprint density at radius 2 is 1.56 bits per heavy atom. The van der Waals surface area contributed by atoms with Gasteiger partial charge < -0.3 is 9.84 Å². The van der Waals surface area contributed by atoms with Gasteiger partial charge in [0.15, 0.2) is 0 Å². The van der Waals surface area contributed by atoms with Crippen LogP contribution in [-0.4, -0.2) is 18.3 Å². The van der Waals surface area contributed by atoms with Crippen LogP contribution in [0, 0.1) is 19.8 Å². The Balaban J connectivity index is 2.98. The molecule has 0 saturated heterocycles. The van der Waals surface area contributed by atoms with Crippen LogP contribution in [0.1, 0.15) is 36.6 Å². The Morgan fingerprint density at radius 3 is 1.94 bits per heavy atom. The summed E-state index contributed by atoms with van der Waals surface area (Å²) in [6.07, 6.45) is -0.704. The van der Waals surface area contributed by atoms with Crippen LogP contribution in [0.4, 0.5) is 0 Å². The molecule has 0 bridgehead atoms. The van der Waals surface area contributed by atoms with Crippen LogP contribution in [0.2, 0.25) is 0 Å². The maximum Gasteiger partial charge on any atom is 0.105 e. The van der Waals surface area contributed by atoms with E-state index in [1.165, 1.54) is 11.1 Å². The molecule has 0 amide bonds. The van der Waals surface area contributed by atoms with Crippen molar-refractivity contribution in [2.75, 3.05) is 7.11 Å². The lowest BCUT2D eigenvalue weighted by atomic mass is 9.94. The molecule has 0 radical (unpaired) electrons. The molecule has 1 rings (SSSR count). The van der Waals surface area contributed by atoms with E-state index in [9.17, 15) is 5.11 Å². The maximum absolute atomic E-state index is 10.3. The highest BCUT2D eigenvalue weighted by atomic mass is 16.5. The van der Waals surface area contributed by atoms with Crippen molar-refractivity contribution in [3.8, 4) is 0 Å². The average Bonchev–Trinajstić information content (AvgIpc) is 2.16. The number of aliphatic hydroxyl groups excluding tert-OH is 1. The number of aliphatic hydroxyl groups is 1. The van der Waals surface area contributed by atoms with Gasteiger partial charge in [-0.05, 0) is 25.3 Å². The third-order valence-electron chi connectivity index (χ3n) is 2.83. The first-order chi connectivity index (χ1) is 7.45. The third kappa shape index (κ3) is 3.06. The van der Waals surface area contributed by atoms with Gasteiger partial charge in [-0.3, -0.25) is 0 Å². The van der Waals surface area contributed by atoms with Crippen molar-refractivity contribution in [2.45, 2.75) is 39.9 Å². The molecular weight excluding hydrogens is 200 g/mol. The van der Waals surface area contributed by atoms with Crippen LogP contribution >= 0.6 is 0 Å². The summed E-state index contributed by atoms with van der Waals surface area (Å²) in [4.78, 5) is 0. The summed E-state index contributed by atoms with van der Waals surface area (Å²) in [6, 6.07) is 6.14. The summed E-state index contributed by atoms with van der Waals surface area (Å²) in [5, 5.41) is 10.3. The molecule has 1 aromatic carbocycles. The highest BCUT2D eigenvalue weighted by molar-refractivity contribution is 5.30. The molecule has 1 N–H and O–H groups in total. The SMILES string of the molecule is COC(C(C)C)C(O)c1cc(C)cc(C)c1. The van der Waals surface area contributed by atoms with Crippen LogP contribution in [-0.2, 0) is 4.74 Å². The van der Waals surface area contributed by atoms with Gasteiger partial charge in [-0.15, -0.1) is 0 Å². The summed E-state index contributed by atoms with van der Waals surface area (Å²) in [5.74, 6) is 0.292. The van der Waals surface area contributed by atoms with Crippen molar-refractivity contribution in [1.29, 1.82) is 0 Å². The van der Waals surface area contributed by atoms with E-state index in [4.69, 9.17) is 4.74 Å². The fourth-order valence-corrected chi connectivity index (χ4v) is 2.14. The summed E-state index contributed by atoms with van der Waals surface area (Å²) >= 11 is 0. The molecule has 2 unspecified atom stereocenters. The topological polar surface area (TPSA) is 29.5 Å². The minimum Gasteiger partial charge on any atom is -0.386 e. The van der Waals surface area contributed by atoms with Crippen molar-refractivity contribution in [1.82, 2.24) is 0 Å². The Bertz CT molecular complexity index is 324. The molecule has 2 atom stereocenters. The highest BCUT2D eigenvalue weighted by Crippen LogP contribution is 2.25. The smallest absolute Gasteiger partial charge is 0.105 e. The Kier molecular flexibility index (Phi) is 4.51. The standard InChI is InChI=1S/C14H22O2/c1-9(2)14(16-5)13(15)12-7-10(3)6-11(4)8-12/h6-9,13-15H,1-5H3. The zero-order valence-corrected chi connectivity index (χ0v) is 10.8. The van der Waals surface area contributed by atoms with Crippen LogP contribution in [0.25, 0.3) is 0 Å². The zero-order valence-electron chi connectivity index (χ0n) is 10.8. The minimum absolute atomic E-state index is 0.152. The van der Waals surface area contributed by atoms with E-state index in [1.54, 1.807) is 7.11 Å². The maximum atomic E-state index is 10.3. The lowest BCUT2D eigenvalue weighted by Gasteiger charge is -2.25. The van der Waals surface area contributed by atoms with Gasteiger partial charge in [0, 0.05) is 7.11 Å². The first-order valence-electron chi connectivity index (χ1n) is 5.74. The molecule has 0 fully saturated rings. The van der Waals surface area contributed by atoms with Crippen LogP contribution < -0.4 is 0 Å². The average molecular weight is 222 g/mol. The second kappa shape index (κ2) is 5.46. The molecule has 90 valence electrons. The van der Waals surface area contributed by atoms with E-state index in [2.05, 4.69) is 19.9 Å². The second-order valence-electron chi connectivity index (χ2n) is 4.81. The predicted molar refractivity (Wildman–Crippen MR) is 66.5 cm³/mol. The van der Waals surface area contributed by atoms with Gasteiger partial charge in [-0.1, -0.05) is 43.2 Å². The number of hydrogen-bond donors (Lipinski definition) is 1. The highest BCUT2D eigenvalue weighted by Gasteiger charge is 2.23. The van der Waals surface area contributed by atoms with E-state index in [-0.39, 0.29) is 6.10 Å². The number of rotatable bonds is 4. The monoisotopic (exact) mass is 222 g/mol. The summed E-state index contributed by atoms with van der Waals surface area (Å²) < 4.78 is 5.36. The quantitative estimate of drug-likeness (QED) is 0.848. The zero-order chi connectivity index (χ0) is 12.3. The molecule has 0 aliphatic heterocycles. The number of ether oxygens (including phenoxy) is 1. The van der Waals surface area contributed by atoms with Crippen LogP contribution in [0.15, 0.2) is 18.2 Å². The van der Waals surface area contributed by atoms with Crippen LogP contribution in [0.3, 0.4) is 0 Å². The molecule has 16 heavy (non-hydrogen) atoms. The molecule has 0 aliphatic carbocycles. The van der Waals surface area contributed by atoms with Gasteiger partial charge in [-0.25, -0.2) is 0 Å². The van der Waals surface area contributed by atoms with E-state index in [0.29, 0.717) is 5.92 Å². The Hall–Kier alpha value is -0.860. The lowest BCUT2D eigenvalue weighted by Crippen LogP contribution is -2.26. The van der Waals surface area contributed by atoms with Gasteiger partial charge in [0.1, 0.15) is 6.10 Å². The van der Waals surface area contributed by atoms with Crippen molar-refractivity contribution in [2.24, 2.45) is 5.92 Å². The number of hydrogen-bond acceptors (Lipinski definition) is 2. The van der Waals surface area contributed by atoms with Gasteiger partial charge in [0.2, 0.25) is 0 Å². The van der Waals surface area contributed by atoms with E-state index < -0.39 is 6.10 Å². The predicted octanol–water partition coefficient (Wildman–Crippen LogP) is 3.01. The molecule has 0 aromatic heterocycles. The largest absolute Gasteiger partial charge is 0.386 e. The van der Waals surface area contributed by atoms with E-state index >= 15 is 0 Å². The molecule has 1 aromatic rings. The lowest BCUT2D eigenvalue weighted by molar-refractivity contribution is -0.0391. The fraction of sp³-hybridized carbons (Fsp3) is 0.571. The number of benzene rings is 1. The Labute approximate surface area is 98.3 Å². The summed E-state index contributed by atoms with van der Waals surface area (Å²) in [7, 11) is 1.65. The van der Waals surface area contributed by atoms with Gasteiger partial charge in [0.05, 0.1) is 6.10 Å². The van der Waals surface area contributed by atoms with Crippen molar-refractivity contribution < 1.29 is 9.84 Å². The van der Waals surface area contributed by atoms with Gasteiger partial charge >= 0.3 is 0 Å². The first-order valence-corrected chi connectivity index (χ1v) is 5.74. The molecule has 0 heterocycles. The van der Waals surface area contributed by atoms with Crippen molar-refractivity contribution in [3.05, 3.63) is 34.9 Å². The first kappa shape index (κ1) is 13.2. The van der Waals surface area contributed by atoms with E-state index in [0.717, 1.165) is 5.56 Å². The normalized spacial score (nSPS) is 15.2. The van der Waals surface area contributed by atoms with E-state index in [1.807, 2.05) is 26.0 Å². The summed E-state index contributed by atoms with van der Waals surface area (Å²) in [5.41, 5.74) is 3.29. The third-order valence-corrected chi connectivity index (χ3v) is 2.83. The molecule has 2 nitrogen and oxygen atoms in total. The molecular formula is C14H22O2. The molecule has 0 aliphatic rings. The van der Waals surface area contributed by atoms with Crippen molar-refractivity contribution >= 4 is 0 Å². The summed E-state index contributed by atoms with van der Waals surface area (Å²) in [6.45, 7) is 8.20. The number of methoxy groups -OCH3 is 1. The Morgan fingerprint density at radius 1 is 1.06 bits per heavy atom. The molecule has 0 spiro atoms. The minimum atomic E-state index is -0.552. The van der Waals surface area contributed by atoms with Gasteiger partial charge in [-0.2, -0.15) is 0 Å². The molecule has 2 heteroatoms. The van der Waals surface area contributed by atoms with Crippen molar-refractivity contribution in [3.63, 3.8) is 0 Å². The number of aryl methyl sites for hydroxylation is 2. The molecule has 0 saturated carbocycles. The van der Waals surface area contributed by atoms with Crippen LogP contribution in [0.5, 0.6) is 0 Å².